The lowest BCUT2D eigenvalue weighted by atomic mass is 10.1. The van der Waals surface area contributed by atoms with Crippen LogP contribution in [0.1, 0.15) is 37.5 Å². The van der Waals surface area contributed by atoms with Crippen molar-refractivity contribution in [1.29, 1.82) is 0 Å². The number of nitrogens with one attached hydrogen (secondary N) is 1. The first-order chi connectivity index (χ1) is 11.8. The van der Waals surface area contributed by atoms with Crippen LogP contribution in [-0.2, 0) is 17.8 Å². The molecule has 2 aromatic rings. The predicted molar refractivity (Wildman–Crippen MR) is 99.9 cm³/mol. The first-order valence-corrected chi connectivity index (χ1v) is 8.56. The Labute approximate surface area is 150 Å². The van der Waals surface area contributed by atoms with Gasteiger partial charge in [0.25, 0.3) is 0 Å². The molecule has 0 aliphatic rings. The molecule has 0 radical (unpaired) electrons. The predicted octanol–water partition coefficient (Wildman–Crippen LogP) is 4.64. The van der Waals surface area contributed by atoms with Crippen LogP contribution in [0.4, 0.5) is 4.79 Å². The van der Waals surface area contributed by atoms with Gasteiger partial charge in [-0.2, -0.15) is 0 Å². The van der Waals surface area contributed by atoms with Gasteiger partial charge in [-0.3, -0.25) is 0 Å². The average Bonchev–Trinajstić information content (AvgIpc) is 2.54. The third kappa shape index (κ3) is 7.29. The number of aryl methyl sites for hydroxylation is 1. The number of carbonyl (C=O) groups excluding carboxylic acids is 1. The molecule has 134 valence electrons. The van der Waals surface area contributed by atoms with Gasteiger partial charge in [0.15, 0.2) is 0 Å². The highest BCUT2D eigenvalue weighted by Crippen LogP contribution is 2.15. The van der Waals surface area contributed by atoms with E-state index in [1.807, 2.05) is 45.0 Å². The Morgan fingerprint density at radius 3 is 2.16 bits per heavy atom. The number of hydrogen-bond donors (Lipinski definition) is 1. The molecule has 4 heteroatoms. The number of amides is 1. The van der Waals surface area contributed by atoms with E-state index in [2.05, 4.69) is 36.5 Å². The van der Waals surface area contributed by atoms with Crippen molar-refractivity contribution in [1.82, 2.24) is 5.32 Å². The van der Waals surface area contributed by atoms with Gasteiger partial charge in [0.2, 0.25) is 0 Å². The van der Waals surface area contributed by atoms with Crippen LogP contribution in [0.15, 0.2) is 48.5 Å². The summed E-state index contributed by atoms with van der Waals surface area (Å²) in [6.45, 7) is 8.71. The molecule has 2 rings (SSSR count). The third-order valence-corrected chi connectivity index (χ3v) is 3.53. The van der Waals surface area contributed by atoms with Crippen molar-refractivity contribution < 1.29 is 14.3 Å². The first kappa shape index (κ1) is 18.8. The third-order valence-electron chi connectivity index (χ3n) is 3.53. The van der Waals surface area contributed by atoms with Crippen molar-refractivity contribution in [3.8, 4) is 5.75 Å². The fourth-order valence-corrected chi connectivity index (χ4v) is 2.23. The molecule has 0 unspecified atom stereocenters. The normalized spacial score (nSPS) is 11.0. The second-order valence-electron chi connectivity index (χ2n) is 7.10. The molecule has 2 aromatic carbocycles. The van der Waals surface area contributed by atoms with Gasteiger partial charge in [-0.15, -0.1) is 0 Å². The minimum atomic E-state index is -0.472. The van der Waals surface area contributed by atoms with Crippen LogP contribution in [0.2, 0.25) is 0 Å². The summed E-state index contributed by atoms with van der Waals surface area (Å²) in [7, 11) is 0. The van der Waals surface area contributed by atoms with Crippen LogP contribution in [0.25, 0.3) is 0 Å². The maximum atomic E-state index is 11.6. The van der Waals surface area contributed by atoms with Gasteiger partial charge < -0.3 is 14.8 Å². The van der Waals surface area contributed by atoms with E-state index in [4.69, 9.17) is 9.47 Å². The Morgan fingerprint density at radius 1 is 0.960 bits per heavy atom. The minimum Gasteiger partial charge on any atom is -0.489 e. The number of rotatable bonds is 6. The Kier molecular flexibility index (Phi) is 6.45. The molecule has 0 heterocycles. The van der Waals surface area contributed by atoms with Gasteiger partial charge in [-0.05, 0) is 57.4 Å². The Hall–Kier alpha value is -2.49. The summed E-state index contributed by atoms with van der Waals surface area (Å²) in [6, 6.07) is 16.3. The molecule has 0 fully saturated rings. The summed E-state index contributed by atoms with van der Waals surface area (Å²) in [5.41, 5.74) is 3.06. The van der Waals surface area contributed by atoms with E-state index < -0.39 is 5.60 Å². The minimum absolute atomic E-state index is 0.384. The van der Waals surface area contributed by atoms with E-state index in [1.165, 1.54) is 5.56 Å². The van der Waals surface area contributed by atoms with Crippen LogP contribution >= 0.6 is 0 Å². The van der Waals surface area contributed by atoms with E-state index in [9.17, 15) is 4.79 Å². The summed E-state index contributed by atoms with van der Waals surface area (Å²) in [4.78, 5) is 11.6. The topological polar surface area (TPSA) is 47.6 Å². The van der Waals surface area contributed by atoms with Crippen molar-refractivity contribution >= 4 is 6.09 Å². The van der Waals surface area contributed by atoms with Gasteiger partial charge in [0, 0.05) is 6.54 Å². The van der Waals surface area contributed by atoms with Crippen LogP contribution < -0.4 is 10.1 Å². The maximum Gasteiger partial charge on any atom is 0.407 e. The average molecular weight is 341 g/mol. The molecule has 0 saturated heterocycles. The molecular formula is C21H27NO3. The molecule has 25 heavy (non-hydrogen) atoms. The highest BCUT2D eigenvalue weighted by atomic mass is 16.6. The lowest BCUT2D eigenvalue weighted by Crippen LogP contribution is -2.33. The van der Waals surface area contributed by atoms with E-state index >= 15 is 0 Å². The number of carbonyl (C=O) groups is 1. The lowest BCUT2D eigenvalue weighted by molar-refractivity contribution is 0.0528. The molecule has 0 bridgehead atoms. The summed E-state index contributed by atoms with van der Waals surface area (Å²) >= 11 is 0. The maximum absolute atomic E-state index is 11.6. The molecule has 0 aliphatic heterocycles. The standard InChI is InChI=1S/C21H27NO3/c1-16-5-7-18(8-6-16)15-24-19-11-9-17(10-12-19)13-14-22-20(23)25-21(2,3)4/h5-12H,13-15H2,1-4H3,(H,22,23). The Balaban J connectivity index is 1.74. The molecule has 4 nitrogen and oxygen atoms in total. The summed E-state index contributed by atoms with van der Waals surface area (Å²) in [5.74, 6) is 0.837. The Morgan fingerprint density at radius 2 is 1.56 bits per heavy atom. The molecule has 0 spiro atoms. The van der Waals surface area contributed by atoms with Crippen LogP contribution in [0, 0.1) is 6.92 Å². The number of benzene rings is 2. The highest BCUT2D eigenvalue weighted by molar-refractivity contribution is 5.67. The van der Waals surface area contributed by atoms with E-state index in [-0.39, 0.29) is 6.09 Å². The fourth-order valence-electron chi connectivity index (χ4n) is 2.23. The van der Waals surface area contributed by atoms with E-state index in [0.717, 1.165) is 23.3 Å². The van der Waals surface area contributed by atoms with E-state index in [1.54, 1.807) is 0 Å². The molecule has 0 aliphatic carbocycles. The number of ether oxygens (including phenoxy) is 2. The van der Waals surface area contributed by atoms with Crippen LogP contribution in [0.3, 0.4) is 0 Å². The van der Waals surface area contributed by atoms with E-state index in [0.29, 0.717) is 13.2 Å². The lowest BCUT2D eigenvalue weighted by Gasteiger charge is -2.19. The largest absolute Gasteiger partial charge is 0.489 e. The summed E-state index contributed by atoms with van der Waals surface area (Å²) in [5, 5.41) is 2.76. The second kappa shape index (κ2) is 8.56. The summed E-state index contributed by atoms with van der Waals surface area (Å²) < 4.78 is 11.0. The monoisotopic (exact) mass is 341 g/mol. The van der Waals surface area contributed by atoms with Gasteiger partial charge in [0.1, 0.15) is 18.0 Å². The second-order valence-corrected chi connectivity index (χ2v) is 7.10. The molecule has 1 amide bonds. The van der Waals surface area contributed by atoms with Crippen molar-refractivity contribution in [3.05, 3.63) is 65.2 Å². The zero-order valence-corrected chi connectivity index (χ0v) is 15.5. The van der Waals surface area contributed by atoms with Gasteiger partial charge in [-0.1, -0.05) is 42.0 Å². The van der Waals surface area contributed by atoms with Gasteiger partial charge in [0.05, 0.1) is 0 Å². The van der Waals surface area contributed by atoms with Crippen molar-refractivity contribution in [2.75, 3.05) is 6.54 Å². The quantitative estimate of drug-likeness (QED) is 0.832. The number of alkyl carbamates (subject to hydrolysis) is 1. The number of hydrogen-bond acceptors (Lipinski definition) is 3. The van der Waals surface area contributed by atoms with Crippen molar-refractivity contribution in [3.63, 3.8) is 0 Å². The van der Waals surface area contributed by atoms with Gasteiger partial charge >= 0.3 is 6.09 Å². The van der Waals surface area contributed by atoms with Crippen molar-refractivity contribution in [2.45, 2.75) is 46.3 Å². The summed E-state index contributed by atoms with van der Waals surface area (Å²) in [6.07, 6.45) is 0.364. The molecule has 0 atom stereocenters. The van der Waals surface area contributed by atoms with Crippen LogP contribution in [-0.4, -0.2) is 18.2 Å². The zero-order valence-electron chi connectivity index (χ0n) is 15.5. The van der Waals surface area contributed by atoms with Gasteiger partial charge in [-0.25, -0.2) is 4.79 Å². The molecule has 1 N–H and O–H groups in total. The Bertz CT molecular complexity index is 670. The highest BCUT2D eigenvalue weighted by Gasteiger charge is 2.15. The smallest absolute Gasteiger partial charge is 0.407 e. The molecule has 0 aromatic heterocycles. The SMILES string of the molecule is Cc1ccc(COc2ccc(CCNC(=O)OC(C)(C)C)cc2)cc1. The van der Waals surface area contributed by atoms with Crippen LogP contribution in [0.5, 0.6) is 5.75 Å². The zero-order chi connectivity index (χ0) is 18.3. The fraction of sp³-hybridized carbons (Fsp3) is 0.381. The molecule has 0 saturated carbocycles. The van der Waals surface area contributed by atoms with Crippen molar-refractivity contribution in [2.24, 2.45) is 0 Å². The molecular weight excluding hydrogens is 314 g/mol. The first-order valence-electron chi connectivity index (χ1n) is 8.56.